The van der Waals surface area contributed by atoms with Gasteiger partial charge in [0.05, 0.1) is 64.8 Å². The number of aliphatic imine (C=N–C) groups is 3. The van der Waals surface area contributed by atoms with Crippen LogP contribution in [0.5, 0.6) is 0 Å². The number of carboxylic acids is 2. The third-order valence-electron chi connectivity index (χ3n) is 10.3. The van der Waals surface area contributed by atoms with Gasteiger partial charge in [0.1, 0.15) is 18.2 Å². The van der Waals surface area contributed by atoms with Crippen molar-refractivity contribution in [2.24, 2.45) is 15.0 Å². The molecule has 0 fully saturated rings. The smallest absolute Gasteiger partial charge is 0.305 e. The number of allylic oxidation sites excluding steroid dienone is 11. The van der Waals surface area contributed by atoms with Crippen molar-refractivity contribution in [3.05, 3.63) is 117 Å². The van der Waals surface area contributed by atoms with Gasteiger partial charge in [-0.15, -0.1) is 0 Å². The fourth-order valence-corrected chi connectivity index (χ4v) is 7.13. The summed E-state index contributed by atoms with van der Waals surface area (Å²) in [5, 5.41) is 47.9. The summed E-state index contributed by atoms with van der Waals surface area (Å²) in [5.41, 5.74) is 8.57. The number of amides is 2. The molecule has 0 saturated carbocycles. The number of hydrogen-bond acceptors (Lipinski definition) is 13. The summed E-state index contributed by atoms with van der Waals surface area (Å²) in [6.07, 6.45) is 10.9. The Morgan fingerprint density at radius 1 is 0.780 bits per heavy atom. The van der Waals surface area contributed by atoms with E-state index < -0.39 is 54.3 Å². The molecule has 308 valence electrons. The fraction of sp³-hybridized carbons (Fsp3) is 0.310. The molecular weight excluding hydrogens is 763 g/mol. The summed E-state index contributed by atoms with van der Waals surface area (Å²) in [6.45, 7) is 11.1. The molecule has 0 radical (unpaired) electrons. The number of nitrogens with one attached hydrogen (secondary N) is 4. The molecule has 5 aliphatic heterocycles. The lowest BCUT2D eigenvalue weighted by Crippen LogP contribution is -2.37. The standard InChI is InChI=1S/C42H45N7O10/c1-6-26-21(2)31-16-36-29(11-12-43-59)42(5,58)37(49-36)18-32-23(4)28(8-10-39(53)45-25(20-51)14-41(56)57)35(48-32)17-34-27(22(3)30(47-34)15-33(26)46-31)7-9-38(52)44-24(19-50)13-40(54)55/h6,11-12,15-20,24-25,43,49,58-59H,1,7-10,13-14H2,2-5H3,(H,44,52)(H,45,53)(H,54,55)(H,56,57)/t24-,25-,42?/m1/s1. The number of carboxylic acid groups (broad SMARTS) is 2. The summed E-state index contributed by atoms with van der Waals surface area (Å²) < 4.78 is 0. The number of carbonyl (C=O) groups is 6. The van der Waals surface area contributed by atoms with Gasteiger partial charge in [0, 0.05) is 35.9 Å². The SMILES string of the molecule is C=CC1=C(C)C2=CC3=C(C=CNO)C(C)(O)C(=CC4=NC(=CC5=NC(=CC1=N2)C(C)=C5CCC(=O)N[C@@H](C=O)CC(=O)O)C(CCC(=O)N[C@@H](C=O)CC(=O)O)=C4C)N3. The number of rotatable bonds is 17. The van der Waals surface area contributed by atoms with E-state index in [-0.39, 0.29) is 25.7 Å². The summed E-state index contributed by atoms with van der Waals surface area (Å²) in [4.78, 5) is 86.2. The lowest BCUT2D eigenvalue weighted by atomic mass is 9.92. The first-order chi connectivity index (χ1) is 28.0. The minimum absolute atomic E-state index is 0.102. The van der Waals surface area contributed by atoms with Crippen LogP contribution in [0.1, 0.15) is 66.2 Å². The molecule has 0 spiro atoms. The molecule has 5 aliphatic rings. The van der Waals surface area contributed by atoms with Gasteiger partial charge in [-0.05, 0) is 98.8 Å². The number of aliphatic hydroxyl groups is 1. The normalized spacial score (nSPS) is 20.8. The van der Waals surface area contributed by atoms with Gasteiger partial charge in [-0.1, -0.05) is 12.7 Å². The molecule has 8 bridgehead atoms. The quantitative estimate of drug-likeness (QED) is 0.0779. The van der Waals surface area contributed by atoms with E-state index in [0.717, 1.165) is 11.1 Å². The second kappa shape index (κ2) is 18.2. The van der Waals surface area contributed by atoms with Gasteiger partial charge in [-0.25, -0.2) is 15.0 Å². The predicted molar refractivity (Wildman–Crippen MR) is 217 cm³/mol. The highest BCUT2D eigenvalue weighted by Gasteiger charge is 2.39. The van der Waals surface area contributed by atoms with Gasteiger partial charge < -0.3 is 40.9 Å². The van der Waals surface area contributed by atoms with Crippen molar-refractivity contribution in [1.82, 2.24) is 21.4 Å². The van der Waals surface area contributed by atoms with Crippen LogP contribution in [0.3, 0.4) is 0 Å². The Hall–Kier alpha value is -6.85. The summed E-state index contributed by atoms with van der Waals surface area (Å²) >= 11 is 0. The molecule has 0 saturated heterocycles. The van der Waals surface area contributed by atoms with Crippen molar-refractivity contribution in [3.63, 3.8) is 0 Å². The predicted octanol–water partition coefficient (Wildman–Crippen LogP) is 3.01. The molecule has 8 N–H and O–H groups in total. The molecule has 0 aromatic rings. The van der Waals surface area contributed by atoms with Gasteiger partial charge in [-0.2, -0.15) is 0 Å². The average molecular weight is 808 g/mol. The Kier molecular flexibility index (Phi) is 13.3. The highest BCUT2D eigenvalue weighted by molar-refractivity contribution is 6.18. The number of aldehydes is 2. The molecular formula is C42H45N7O10. The third kappa shape index (κ3) is 9.65. The average Bonchev–Trinajstić information content (AvgIpc) is 3.81. The van der Waals surface area contributed by atoms with Crippen LogP contribution in [-0.4, -0.2) is 91.7 Å². The Morgan fingerprint density at radius 3 is 1.88 bits per heavy atom. The van der Waals surface area contributed by atoms with E-state index in [1.165, 1.54) is 12.3 Å². The van der Waals surface area contributed by atoms with Crippen molar-refractivity contribution in [3.8, 4) is 0 Å². The Morgan fingerprint density at radius 2 is 1.32 bits per heavy atom. The van der Waals surface area contributed by atoms with E-state index in [2.05, 4.69) is 22.5 Å². The van der Waals surface area contributed by atoms with Gasteiger partial charge >= 0.3 is 11.9 Å². The zero-order chi connectivity index (χ0) is 43.2. The van der Waals surface area contributed by atoms with Crippen LogP contribution >= 0.6 is 0 Å². The van der Waals surface area contributed by atoms with Crippen LogP contribution in [0, 0.1) is 0 Å². The van der Waals surface area contributed by atoms with Gasteiger partial charge in [-0.3, -0.25) is 29.9 Å². The number of hydroxylamine groups is 1. The van der Waals surface area contributed by atoms with Crippen molar-refractivity contribution in [1.29, 1.82) is 0 Å². The van der Waals surface area contributed by atoms with E-state index >= 15 is 0 Å². The third-order valence-corrected chi connectivity index (χ3v) is 10.3. The maximum atomic E-state index is 13.0. The minimum atomic E-state index is -1.63. The number of fused-ring (bicyclic) bond motifs is 5. The summed E-state index contributed by atoms with van der Waals surface area (Å²) in [5.74, 6) is -3.61. The van der Waals surface area contributed by atoms with Gasteiger partial charge in [0.15, 0.2) is 0 Å². The minimum Gasteiger partial charge on any atom is -0.481 e. The number of aliphatic carboxylic acids is 2. The fourth-order valence-electron chi connectivity index (χ4n) is 7.13. The number of nitrogens with zero attached hydrogens (tertiary/aromatic N) is 3. The van der Waals surface area contributed by atoms with Crippen LogP contribution in [0.2, 0.25) is 0 Å². The first kappa shape index (κ1) is 43.3. The van der Waals surface area contributed by atoms with E-state index in [4.69, 9.17) is 25.2 Å². The van der Waals surface area contributed by atoms with Gasteiger partial charge in [0.2, 0.25) is 11.8 Å². The first-order valence-electron chi connectivity index (χ1n) is 18.6. The molecule has 5 rings (SSSR count). The summed E-state index contributed by atoms with van der Waals surface area (Å²) in [7, 11) is 0. The van der Waals surface area contributed by atoms with Crippen molar-refractivity contribution in [2.45, 2.75) is 83.9 Å². The monoisotopic (exact) mass is 807 g/mol. The molecule has 17 nitrogen and oxygen atoms in total. The van der Waals surface area contributed by atoms with E-state index in [9.17, 15) is 39.1 Å². The highest BCUT2D eigenvalue weighted by atomic mass is 16.5. The second-order valence-electron chi connectivity index (χ2n) is 14.4. The second-order valence-corrected chi connectivity index (χ2v) is 14.4. The molecule has 0 aromatic heterocycles. The molecule has 5 heterocycles. The topological polar surface area (TPSA) is 269 Å². The first-order valence-corrected chi connectivity index (χ1v) is 18.6. The molecule has 0 aromatic carbocycles. The highest BCUT2D eigenvalue weighted by Crippen LogP contribution is 2.40. The molecule has 1 unspecified atom stereocenters. The lowest BCUT2D eigenvalue weighted by Gasteiger charge is -2.20. The van der Waals surface area contributed by atoms with Crippen LogP contribution < -0.4 is 21.4 Å². The molecule has 59 heavy (non-hydrogen) atoms. The molecule has 2 amide bonds. The van der Waals surface area contributed by atoms with E-state index in [1.54, 1.807) is 44.2 Å². The largest absolute Gasteiger partial charge is 0.481 e. The summed E-state index contributed by atoms with van der Waals surface area (Å²) in [6, 6.07) is -2.43. The zero-order valence-corrected chi connectivity index (χ0v) is 32.9. The maximum absolute atomic E-state index is 13.0. The van der Waals surface area contributed by atoms with Crippen LogP contribution in [0.15, 0.2) is 132 Å². The van der Waals surface area contributed by atoms with E-state index in [0.29, 0.717) is 86.1 Å². The molecule has 3 atom stereocenters. The van der Waals surface area contributed by atoms with Crippen molar-refractivity contribution in [2.75, 3.05) is 0 Å². The van der Waals surface area contributed by atoms with Crippen LogP contribution in [0.25, 0.3) is 0 Å². The van der Waals surface area contributed by atoms with Crippen molar-refractivity contribution >= 4 is 53.5 Å². The van der Waals surface area contributed by atoms with Crippen molar-refractivity contribution < 1.29 is 49.3 Å². The Labute approximate surface area is 339 Å². The number of carbonyl (C=O) groups excluding carboxylic acids is 4. The Balaban J connectivity index is 1.66. The zero-order valence-electron chi connectivity index (χ0n) is 32.9. The van der Waals surface area contributed by atoms with Gasteiger partial charge in [0.25, 0.3) is 0 Å². The van der Waals surface area contributed by atoms with E-state index in [1.807, 2.05) is 19.3 Å². The lowest BCUT2D eigenvalue weighted by molar-refractivity contribution is -0.139. The number of hydrogen-bond donors (Lipinski definition) is 8. The van der Waals surface area contributed by atoms with Crippen LogP contribution in [-0.2, 0) is 28.8 Å². The Bertz CT molecular complexity index is 2310. The molecule has 0 aliphatic carbocycles. The van der Waals surface area contributed by atoms with Crippen LogP contribution in [0.4, 0.5) is 0 Å². The maximum Gasteiger partial charge on any atom is 0.305 e. The molecule has 17 heteroatoms.